The summed E-state index contributed by atoms with van der Waals surface area (Å²) < 4.78 is 39.7. The lowest BCUT2D eigenvalue weighted by molar-refractivity contribution is -0.169. The van der Waals surface area contributed by atoms with Gasteiger partial charge in [0.15, 0.2) is 0 Å². The normalized spacial score (nSPS) is 23.3. The smallest absolute Gasteiger partial charge is 0.368 e. The van der Waals surface area contributed by atoms with E-state index in [0.29, 0.717) is 30.2 Å². The lowest BCUT2D eigenvalue weighted by Crippen LogP contribution is -2.40. The van der Waals surface area contributed by atoms with Gasteiger partial charge in [-0.1, -0.05) is 12.1 Å². The molecule has 1 unspecified atom stereocenters. The quantitative estimate of drug-likeness (QED) is 0.604. The highest BCUT2D eigenvalue weighted by molar-refractivity contribution is 6.03. The van der Waals surface area contributed by atoms with Crippen molar-refractivity contribution in [3.05, 3.63) is 41.7 Å². The maximum Gasteiger partial charge on any atom is 0.393 e. The van der Waals surface area contributed by atoms with Crippen LogP contribution in [-0.4, -0.2) is 63.7 Å². The van der Waals surface area contributed by atoms with Crippen LogP contribution in [0.15, 0.2) is 30.6 Å². The van der Waals surface area contributed by atoms with Gasteiger partial charge in [0.25, 0.3) is 5.91 Å². The lowest BCUT2D eigenvalue weighted by Gasteiger charge is -2.27. The topological polar surface area (TPSA) is 91.1 Å². The minimum atomic E-state index is -4.32. The van der Waals surface area contributed by atoms with E-state index in [1.165, 1.54) is 11.1 Å². The number of carbonyl (C=O) groups excluding carboxylic acids is 1. The van der Waals surface area contributed by atoms with Crippen molar-refractivity contribution in [3.8, 4) is 11.4 Å². The number of carbonyl (C=O) groups is 1. The number of imidazole rings is 1. The third kappa shape index (κ3) is 4.00. The van der Waals surface area contributed by atoms with Crippen LogP contribution in [0, 0.1) is 12.8 Å². The number of hydrogen-bond acceptors (Lipinski definition) is 5. The fraction of sp³-hybridized carbons (Fsp3) is 0.458. The Morgan fingerprint density at radius 1 is 1.26 bits per heavy atom. The van der Waals surface area contributed by atoms with E-state index in [2.05, 4.69) is 9.97 Å². The molecule has 2 fully saturated rings. The SMILES string of the molecule is Cc1cccc2[nH]c(-c3cncc(C(=O)N4CCC(C(F)(F)F)C4)c3N3CC[C@](C)(N)C3)nc12. The summed E-state index contributed by atoms with van der Waals surface area (Å²) in [5.41, 5.74) is 10.1. The van der Waals surface area contributed by atoms with Crippen LogP contribution >= 0.6 is 0 Å². The molecule has 2 aromatic heterocycles. The molecule has 0 saturated carbocycles. The van der Waals surface area contributed by atoms with Crippen molar-refractivity contribution in [1.82, 2.24) is 19.9 Å². The van der Waals surface area contributed by atoms with Crippen LogP contribution < -0.4 is 10.6 Å². The third-order valence-electron chi connectivity index (χ3n) is 6.88. The van der Waals surface area contributed by atoms with Gasteiger partial charge in [-0.25, -0.2) is 4.98 Å². The Labute approximate surface area is 195 Å². The van der Waals surface area contributed by atoms with Gasteiger partial charge < -0.3 is 20.5 Å². The average Bonchev–Trinajstić information content (AvgIpc) is 3.50. The number of anilines is 1. The zero-order chi connectivity index (χ0) is 24.3. The molecule has 2 atom stereocenters. The number of halogens is 3. The van der Waals surface area contributed by atoms with Gasteiger partial charge >= 0.3 is 6.18 Å². The van der Waals surface area contributed by atoms with Gasteiger partial charge in [-0.15, -0.1) is 0 Å². The highest BCUT2D eigenvalue weighted by atomic mass is 19.4. The van der Waals surface area contributed by atoms with Gasteiger partial charge in [0.1, 0.15) is 5.82 Å². The average molecular weight is 473 g/mol. The van der Waals surface area contributed by atoms with E-state index >= 15 is 0 Å². The van der Waals surface area contributed by atoms with Crippen molar-refractivity contribution < 1.29 is 18.0 Å². The molecule has 1 amide bonds. The molecule has 1 aromatic carbocycles. The number of fused-ring (bicyclic) bond motifs is 1. The molecule has 0 bridgehead atoms. The molecule has 10 heteroatoms. The number of likely N-dealkylation sites (tertiary alicyclic amines) is 1. The molecule has 0 radical (unpaired) electrons. The Balaban J connectivity index is 1.60. The Bertz CT molecular complexity index is 1250. The molecular formula is C24H27F3N6O. The number of aromatic nitrogens is 3. The van der Waals surface area contributed by atoms with Crippen LogP contribution in [0.3, 0.4) is 0 Å². The largest absolute Gasteiger partial charge is 0.393 e. The number of aromatic amines is 1. The minimum absolute atomic E-state index is 0.0606. The molecule has 2 saturated heterocycles. The standard InChI is InChI=1S/C24H27F3N6O/c1-14-4-3-5-18-19(14)31-21(30-18)16-10-29-11-17(20(16)33-9-7-23(2,28)13-33)22(34)32-8-6-15(12-32)24(25,26)27/h3-5,10-11,15H,6-9,12-13,28H2,1-2H3,(H,30,31)/t15?,23-/m0/s1. The number of para-hydroxylation sites is 1. The van der Waals surface area contributed by atoms with Crippen molar-refractivity contribution in [1.29, 1.82) is 0 Å². The molecule has 3 aromatic rings. The Hall–Kier alpha value is -3.14. The van der Waals surface area contributed by atoms with Crippen LogP contribution in [0.2, 0.25) is 0 Å². The summed E-state index contributed by atoms with van der Waals surface area (Å²) in [6, 6.07) is 5.83. The first-order valence-corrected chi connectivity index (χ1v) is 11.4. The first-order valence-electron chi connectivity index (χ1n) is 11.4. The summed E-state index contributed by atoms with van der Waals surface area (Å²) in [6.07, 6.45) is -0.594. The van der Waals surface area contributed by atoms with Gasteiger partial charge in [-0.05, 0) is 38.3 Å². The van der Waals surface area contributed by atoms with Crippen LogP contribution in [0.4, 0.5) is 18.9 Å². The molecule has 4 heterocycles. The number of aryl methyl sites for hydroxylation is 1. The summed E-state index contributed by atoms with van der Waals surface area (Å²) in [4.78, 5) is 29.2. The van der Waals surface area contributed by atoms with Crippen molar-refractivity contribution >= 4 is 22.6 Å². The van der Waals surface area contributed by atoms with E-state index in [0.717, 1.165) is 23.0 Å². The number of hydrogen-bond donors (Lipinski definition) is 2. The molecular weight excluding hydrogens is 445 g/mol. The van der Waals surface area contributed by atoms with E-state index in [4.69, 9.17) is 10.7 Å². The number of H-pyrrole nitrogens is 1. The van der Waals surface area contributed by atoms with Crippen LogP contribution in [0.5, 0.6) is 0 Å². The van der Waals surface area contributed by atoms with Crippen molar-refractivity contribution in [2.45, 2.75) is 38.4 Å². The van der Waals surface area contributed by atoms with Crippen molar-refractivity contribution in [2.24, 2.45) is 11.7 Å². The fourth-order valence-corrected chi connectivity index (χ4v) is 4.98. The third-order valence-corrected chi connectivity index (χ3v) is 6.88. The second kappa shape index (κ2) is 7.97. The predicted molar refractivity (Wildman–Crippen MR) is 124 cm³/mol. The molecule has 0 spiro atoms. The number of nitrogens with one attached hydrogen (secondary N) is 1. The van der Waals surface area contributed by atoms with Gasteiger partial charge in [-0.2, -0.15) is 13.2 Å². The molecule has 3 N–H and O–H groups in total. The zero-order valence-corrected chi connectivity index (χ0v) is 19.1. The maximum atomic E-state index is 13.5. The number of pyridine rings is 1. The van der Waals surface area contributed by atoms with Crippen LogP contribution in [-0.2, 0) is 0 Å². The summed E-state index contributed by atoms with van der Waals surface area (Å²) in [5.74, 6) is -1.40. The summed E-state index contributed by atoms with van der Waals surface area (Å²) >= 11 is 0. The summed E-state index contributed by atoms with van der Waals surface area (Å²) in [6.45, 7) is 4.77. The second-order valence-electron chi connectivity index (χ2n) is 9.74. The second-order valence-corrected chi connectivity index (χ2v) is 9.74. The molecule has 2 aliphatic heterocycles. The van der Waals surface area contributed by atoms with Crippen LogP contribution in [0.1, 0.15) is 35.7 Å². The molecule has 180 valence electrons. The molecule has 2 aliphatic rings. The monoisotopic (exact) mass is 472 g/mol. The minimum Gasteiger partial charge on any atom is -0.368 e. The number of nitrogens with two attached hydrogens (primary N) is 1. The molecule has 5 rings (SSSR count). The summed E-state index contributed by atoms with van der Waals surface area (Å²) in [5, 5.41) is 0. The number of alkyl halides is 3. The lowest BCUT2D eigenvalue weighted by atomic mass is 10.0. The van der Waals surface area contributed by atoms with Gasteiger partial charge in [0.05, 0.1) is 33.8 Å². The van der Waals surface area contributed by atoms with Crippen molar-refractivity contribution in [2.75, 3.05) is 31.1 Å². The van der Waals surface area contributed by atoms with E-state index in [1.54, 1.807) is 6.20 Å². The van der Waals surface area contributed by atoms with Gasteiger partial charge in [0.2, 0.25) is 0 Å². The molecule has 34 heavy (non-hydrogen) atoms. The van der Waals surface area contributed by atoms with Crippen LogP contribution in [0.25, 0.3) is 22.4 Å². The summed E-state index contributed by atoms with van der Waals surface area (Å²) in [7, 11) is 0. The highest BCUT2D eigenvalue weighted by Gasteiger charge is 2.45. The Morgan fingerprint density at radius 2 is 2.06 bits per heavy atom. The van der Waals surface area contributed by atoms with Gasteiger partial charge in [-0.3, -0.25) is 9.78 Å². The van der Waals surface area contributed by atoms with E-state index < -0.39 is 23.5 Å². The molecule has 0 aliphatic carbocycles. The number of amides is 1. The van der Waals surface area contributed by atoms with Crippen molar-refractivity contribution in [3.63, 3.8) is 0 Å². The number of benzene rings is 1. The fourth-order valence-electron chi connectivity index (χ4n) is 4.98. The molecule has 7 nitrogen and oxygen atoms in total. The van der Waals surface area contributed by atoms with E-state index in [1.807, 2.05) is 36.9 Å². The maximum absolute atomic E-state index is 13.5. The number of nitrogens with zero attached hydrogens (tertiary/aromatic N) is 4. The predicted octanol–water partition coefficient (Wildman–Crippen LogP) is 3.89. The number of rotatable bonds is 3. The van der Waals surface area contributed by atoms with E-state index in [9.17, 15) is 18.0 Å². The Morgan fingerprint density at radius 3 is 2.71 bits per heavy atom. The van der Waals surface area contributed by atoms with E-state index in [-0.39, 0.29) is 25.1 Å². The zero-order valence-electron chi connectivity index (χ0n) is 19.1. The first-order chi connectivity index (χ1) is 16.0. The first kappa shape index (κ1) is 22.6. The van der Waals surface area contributed by atoms with Gasteiger partial charge in [0, 0.05) is 44.1 Å². The highest BCUT2D eigenvalue weighted by Crippen LogP contribution is 2.39. The Kier molecular flexibility index (Phi) is 5.31.